The van der Waals surface area contributed by atoms with Gasteiger partial charge in [-0.1, -0.05) is 28.1 Å². The zero-order valence-corrected chi connectivity index (χ0v) is 10.3. The first kappa shape index (κ1) is 11.1. The van der Waals surface area contributed by atoms with Crippen LogP contribution in [-0.4, -0.2) is 18.3 Å². The number of rotatable bonds is 3. The molecule has 0 aromatic heterocycles. The third-order valence-corrected chi connectivity index (χ3v) is 4.27. The normalized spacial score (nSPS) is 24.2. The van der Waals surface area contributed by atoms with E-state index < -0.39 is 0 Å². The lowest BCUT2D eigenvalue weighted by molar-refractivity contribution is 0.238. The second-order valence-electron chi connectivity index (χ2n) is 4.22. The average molecular weight is 270 g/mol. The van der Waals surface area contributed by atoms with E-state index in [-0.39, 0.29) is 12.0 Å². The Balaban J connectivity index is 2.46. The van der Waals surface area contributed by atoms with Crippen molar-refractivity contribution in [1.29, 1.82) is 0 Å². The molecule has 0 amide bonds. The number of fused-ring (bicyclic) bond motifs is 1. The maximum Gasteiger partial charge on any atom is 0.0440 e. The van der Waals surface area contributed by atoms with Crippen LogP contribution in [0.4, 0.5) is 0 Å². The molecular weight excluding hydrogens is 254 g/mol. The molecule has 0 spiro atoms. The second-order valence-corrected chi connectivity index (χ2v) is 5.08. The van der Waals surface area contributed by atoms with Crippen molar-refractivity contribution < 1.29 is 5.11 Å². The minimum atomic E-state index is 0.00780. The van der Waals surface area contributed by atoms with E-state index in [0.29, 0.717) is 6.54 Å². The molecule has 0 saturated heterocycles. The zero-order valence-electron chi connectivity index (χ0n) is 8.67. The van der Waals surface area contributed by atoms with Gasteiger partial charge in [-0.05, 0) is 36.5 Å². The molecule has 3 N–H and O–H groups in total. The topological polar surface area (TPSA) is 46.2 Å². The van der Waals surface area contributed by atoms with Gasteiger partial charge in [0.15, 0.2) is 0 Å². The Labute approximate surface area is 98.6 Å². The third kappa shape index (κ3) is 1.73. The fourth-order valence-corrected chi connectivity index (χ4v) is 3.16. The molecule has 1 aromatic carbocycles. The van der Waals surface area contributed by atoms with Gasteiger partial charge >= 0.3 is 0 Å². The van der Waals surface area contributed by atoms with Gasteiger partial charge in [-0.3, -0.25) is 0 Å². The highest BCUT2D eigenvalue weighted by Crippen LogP contribution is 2.43. The van der Waals surface area contributed by atoms with Crippen molar-refractivity contribution in [3.63, 3.8) is 0 Å². The molecule has 2 rings (SSSR count). The van der Waals surface area contributed by atoms with Gasteiger partial charge in [0.1, 0.15) is 0 Å². The van der Waals surface area contributed by atoms with E-state index in [0.717, 1.165) is 19.3 Å². The first-order valence-corrected chi connectivity index (χ1v) is 6.11. The first-order chi connectivity index (χ1) is 7.23. The van der Waals surface area contributed by atoms with Crippen LogP contribution in [0.15, 0.2) is 22.7 Å². The van der Waals surface area contributed by atoms with Crippen molar-refractivity contribution in [2.24, 2.45) is 5.73 Å². The maximum atomic E-state index is 9.15. The van der Waals surface area contributed by atoms with Crippen LogP contribution in [0.3, 0.4) is 0 Å². The van der Waals surface area contributed by atoms with Crippen LogP contribution in [0.5, 0.6) is 0 Å². The van der Waals surface area contributed by atoms with Crippen LogP contribution in [0.2, 0.25) is 0 Å². The van der Waals surface area contributed by atoms with E-state index in [1.54, 1.807) is 0 Å². The van der Waals surface area contributed by atoms with Gasteiger partial charge in [0, 0.05) is 23.0 Å². The summed E-state index contributed by atoms with van der Waals surface area (Å²) in [4.78, 5) is 0. The lowest BCUT2D eigenvalue weighted by Crippen LogP contribution is -2.33. The summed E-state index contributed by atoms with van der Waals surface area (Å²) in [5.41, 5.74) is 8.60. The van der Waals surface area contributed by atoms with Crippen molar-refractivity contribution in [2.45, 2.75) is 24.7 Å². The fraction of sp³-hybridized carbons (Fsp3) is 0.500. The predicted octanol–water partition coefficient (Wildman–Crippen LogP) is 1.97. The van der Waals surface area contributed by atoms with Crippen LogP contribution in [0.1, 0.15) is 24.0 Å². The number of aliphatic hydroxyl groups excluding tert-OH is 1. The summed E-state index contributed by atoms with van der Waals surface area (Å²) in [7, 11) is 0. The highest BCUT2D eigenvalue weighted by molar-refractivity contribution is 9.10. The van der Waals surface area contributed by atoms with E-state index >= 15 is 0 Å². The van der Waals surface area contributed by atoms with Crippen LogP contribution < -0.4 is 5.73 Å². The van der Waals surface area contributed by atoms with E-state index in [1.807, 2.05) is 0 Å². The zero-order chi connectivity index (χ0) is 10.9. The van der Waals surface area contributed by atoms with Gasteiger partial charge in [0.05, 0.1) is 0 Å². The van der Waals surface area contributed by atoms with Gasteiger partial charge in [0.25, 0.3) is 0 Å². The third-order valence-electron chi connectivity index (χ3n) is 3.52. The smallest absolute Gasteiger partial charge is 0.0440 e. The Kier molecular flexibility index (Phi) is 3.14. The van der Waals surface area contributed by atoms with E-state index in [2.05, 4.69) is 34.1 Å². The minimum Gasteiger partial charge on any atom is -0.396 e. The maximum absolute atomic E-state index is 9.15. The largest absolute Gasteiger partial charge is 0.396 e. The first-order valence-electron chi connectivity index (χ1n) is 5.32. The van der Waals surface area contributed by atoms with Gasteiger partial charge in [-0.15, -0.1) is 0 Å². The van der Waals surface area contributed by atoms with E-state index in [9.17, 15) is 0 Å². The molecule has 1 unspecified atom stereocenters. The van der Waals surface area contributed by atoms with E-state index in [1.165, 1.54) is 15.6 Å². The Morgan fingerprint density at radius 1 is 1.47 bits per heavy atom. The molecule has 0 radical (unpaired) electrons. The van der Waals surface area contributed by atoms with Crippen molar-refractivity contribution in [3.8, 4) is 0 Å². The SMILES string of the molecule is NCC1(CCO)CCc2c(Br)cccc21. The summed E-state index contributed by atoms with van der Waals surface area (Å²) in [6.07, 6.45) is 2.89. The van der Waals surface area contributed by atoms with Crippen LogP contribution in [0, 0.1) is 0 Å². The molecule has 1 aliphatic carbocycles. The van der Waals surface area contributed by atoms with Gasteiger partial charge in [-0.25, -0.2) is 0 Å². The summed E-state index contributed by atoms with van der Waals surface area (Å²) in [5, 5.41) is 9.15. The molecular formula is C12H16BrNO. The predicted molar refractivity (Wildman–Crippen MR) is 64.9 cm³/mol. The highest BCUT2D eigenvalue weighted by Gasteiger charge is 2.37. The number of hydrogen-bond acceptors (Lipinski definition) is 2. The monoisotopic (exact) mass is 269 g/mol. The summed E-state index contributed by atoms with van der Waals surface area (Å²) < 4.78 is 1.17. The standard InChI is InChI=1S/C12H16BrNO/c13-11-3-1-2-10-9(11)4-5-12(10,8-14)6-7-15/h1-3,15H,4-8,14H2. The molecule has 2 nitrogen and oxygen atoms in total. The molecule has 82 valence electrons. The number of aliphatic hydroxyl groups is 1. The minimum absolute atomic E-state index is 0.00780. The highest BCUT2D eigenvalue weighted by atomic mass is 79.9. The lowest BCUT2D eigenvalue weighted by Gasteiger charge is -2.28. The average Bonchev–Trinajstić information content (AvgIpc) is 2.61. The Hall–Kier alpha value is -0.380. The van der Waals surface area contributed by atoms with Crippen LogP contribution in [0.25, 0.3) is 0 Å². The molecule has 0 bridgehead atoms. The van der Waals surface area contributed by atoms with Gasteiger partial charge in [0.2, 0.25) is 0 Å². The Morgan fingerprint density at radius 3 is 2.93 bits per heavy atom. The molecule has 1 atom stereocenters. The lowest BCUT2D eigenvalue weighted by atomic mass is 9.79. The molecule has 0 fully saturated rings. The number of benzene rings is 1. The molecule has 15 heavy (non-hydrogen) atoms. The quantitative estimate of drug-likeness (QED) is 0.882. The molecule has 0 aliphatic heterocycles. The van der Waals surface area contributed by atoms with Crippen molar-refractivity contribution in [2.75, 3.05) is 13.2 Å². The number of nitrogens with two attached hydrogens (primary N) is 1. The molecule has 0 heterocycles. The van der Waals surface area contributed by atoms with Gasteiger partial charge < -0.3 is 10.8 Å². The number of halogens is 1. The van der Waals surface area contributed by atoms with Crippen molar-refractivity contribution >= 4 is 15.9 Å². The summed E-state index contributed by atoms with van der Waals surface area (Å²) >= 11 is 3.58. The Bertz CT molecular complexity index is 367. The van der Waals surface area contributed by atoms with Crippen LogP contribution >= 0.6 is 15.9 Å². The molecule has 0 saturated carbocycles. The summed E-state index contributed by atoms with van der Waals surface area (Å²) in [5.74, 6) is 0. The molecule has 1 aliphatic rings. The van der Waals surface area contributed by atoms with Crippen molar-refractivity contribution in [1.82, 2.24) is 0 Å². The summed E-state index contributed by atoms with van der Waals surface area (Å²) in [6.45, 7) is 0.833. The molecule has 1 aromatic rings. The van der Waals surface area contributed by atoms with Crippen LogP contribution in [-0.2, 0) is 11.8 Å². The molecule has 3 heteroatoms. The van der Waals surface area contributed by atoms with E-state index in [4.69, 9.17) is 10.8 Å². The second kappa shape index (κ2) is 4.24. The van der Waals surface area contributed by atoms with Gasteiger partial charge in [-0.2, -0.15) is 0 Å². The number of hydrogen-bond donors (Lipinski definition) is 2. The summed E-state index contributed by atoms with van der Waals surface area (Å²) in [6, 6.07) is 6.27. The van der Waals surface area contributed by atoms with Crippen molar-refractivity contribution in [3.05, 3.63) is 33.8 Å². The fourth-order valence-electron chi connectivity index (χ4n) is 2.60. The Morgan fingerprint density at radius 2 is 2.27 bits per heavy atom.